The van der Waals surface area contributed by atoms with Crippen molar-refractivity contribution in [2.45, 2.75) is 12.8 Å². The SMILES string of the molecule is Fc1cc(F)c(NC(=S)C2CC2)cc1Br. The van der Waals surface area contributed by atoms with E-state index in [0.29, 0.717) is 10.9 Å². The van der Waals surface area contributed by atoms with Crippen molar-refractivity contribution in [2.75, 3.05) is 5.32 Å². The highest BCUT2D eigenvalue weighted by atomic mass is 79.9. The summed E-state index contributed by atoms with van der Waals surface area (Å²) >= 11 is 8.07. The van der Waals surface area contributed by atoms with Crippen LogP contribution in [0.3, 0.4) is 0 Å². The number of benzene rings is 1. The molecular weight excluding hydrogens is 284 g/mol. The van der Waals surface area contributed by atoms with E-state index in [1.54, 1.807) is 0 Å². The summed E-state index contributed by atoms with van der Waals surface area (Å²) in [4.78, 5) is 0.632. The Morgan fingerprint density at radius 2 is 2.00 bits per heavy atom. The largest absolute Gasteiger partial charge is 0.347 e. The van der Waals surface area contributed by atoms with Gasteiger partial charge in [0.05, 0.1) is 15.1 Å². The fraction of sp³-hybridized carbons (Fsp3) is 0.300. The van der Waals surface area contributed by atoms with Gasteiger partial charge in [0, 0.05) is 12.0 Å². The Labute approximate surface area is 100.0 Å². The number of hydrogen-bond acceptors (Lipinski definition) is 1. The summed E-state index contributed by atoms with van der Waals surface area (Å²) in [6.45, 7) is 0. The van der Waals surface area contributed by atoms with Gasteiger partial charge < -0.3 is 5.32 Å². The van der Waals surface area contributed by atoms with Crippen LogP contribution in [0.4, 0.5) is 14.5 Å². The predicted octanol–water partition coefficient (Wildman–Crippen LogP) is 3.88. The third-order valence-electron chi connectivity index (χ3n) is 2.22. The first-order chi connectivity index (χ1) is 7.08. The molecule has 80 valence electrons. The van der Waals surface area contributed by atoms with Crippen molar-refractivity contribution in [3.05, 3.63) is 28.2 Å². The Morgan fingerprint density at radius 1 is 1.33 bits per heavy atom. The Bertz CT molecular complexity index is 418. The Balaban J connectivity index is 2.20. The van der Waals surface area contributed by atoms with Gasteiger partial charge in [-0.1, -0.05) is 12.2 Å². The predicted molar refractivity (Wildman–Crippen MR) is 63.0 cm³/mol. The van der Waals surface area contributed by atoms with Gasteiger partial charge in [-0.15, -0.1) is 0 Å². The topological polar surface area (TPSA) is 12.0 Å². The van der Waals surface area contributed by atoms with Crippen LogP contribution in [0.5, 0.6) is 0 Å². The molecule has 0 unspecified atom stereocenters. The van der Waals surface area contributed by atoms with Crippen LogP contribution in [-0.2, 0) is 0 Å². The second kappa shape index (κ2) is 4.14. The molecule has 0 saturated heterocycles. The van der Waals surface area contributed by atoms with E-state index in [0.717, 1.165) is 18.9 Å². The molecule has 1 aliphatic rings. The molecule has 0 atom stereocenters. The van der Waals surface area contributed by atoms with Gasteiger partial charge in [-0.05, 0) is 34.8 Å². The van der Waals surface area contributed by atoms with Crippen molar-refractivity contribution in [3.8, 4) is 0 Å². The molecule has 0 spiro atoms. The van der Waals surface area contributed by atoms with Gasteiger partial charge in [-0.25, -0.2) is 8.78 Å². The number of hydrogen-bond donors (Lipinski definition) is 1. The second-order valence-electron chi connectivity index (χ2n) is 3.51. The van der Waals surface area contributed by atoms with Crippen LogP contribution in [-0.4, -0.2) is 4.99 Å². The van der Waals surface area contributed by atoms with Gasteiger partial charge >= 0.3 is 0 Å². The quantitative estimate of drug-likeness (QED) is 0.656. The van der Waals surface area contributed by atoms with Crippen LogP contribution in [0.2, 0.25) is 0 Å². The lowest BCUT2D eigenvalue weighted by molar-refractivity contribution is 0.582. The third kappa shape index (κ3) is 2.52. The number of halogens is 3. The summed E-state index contributed by atoms with van der Waals surface area (Å²) in [6, 6.07) is 2.20. The lowest BCUT2D eigenvalue weighted by Gasteiger charge is -2.08. The average Bonchev–Trinajstić information content (AvgIpc) is 2.97. The van der Waals surface area contributed by atoms with E-state index in [2.05, 4.69) is 21.2 Å². The van der Waals surface area contributed by atoms with E-state index >= 15 is 0 Å². The minimum absolute atomic E-state index is 0.222. The fourth-order valence-corrected chi connectivity index (χ4v) is 1.89. The molecule has 0 aromatic heterocycles. The van der Waals surface area contributed by atoms with E-state index in [1.807, 2.05) is 0 Å². The lowest BCUT2D eigenvalue weighted by Crippen LogP contribution is -2.12. The van der Waals surface area contributed by atoms with Crippen molar-refractivity contribution in [3.63, 3.8) is 0 Å². The molecule has 0 aliphatic heterocycles. The zero-order chi connectivity index (χ0) is 11.0. The molecule has 2 rings (SSSR count). The van der Waals surface area contributed by atoms with Crippen molar-refractivity contribution in [1.82, 2.24) is 0 Å². The van der Waals surface area contributed by atoms with Crippen molar-refractivity contribution >= 4 is 38.8 Å². The molecule has 1 aliphatic carbocycles. The zero-order valence-electron chi connectivity index (χ0n) is 7.69. The maximum atomic E-state index is 13.3. The van der Waals surface area contributed by atoms with Crippen molar-refractivity contribution < 1.29 is 8.78 Å². The van der Waals surface area contributed by atoms with Gasteiger partial charge in [-0.2, -0.15) is 0 Å². The van der Waals surface area contributed by atoms with E-state index < -0.39 is 11.6 Å². The first kappa shape index (κ1) is 11.0. The molecular formula is C10H8BrF2NS. The molecule has 1 aromatic rings. The minimum Gasteiger partial charge on any atom is -0.347 e. The van der Waals surface area contributed by atoms with Crippen LogP contribution < -0.4 is 5.32 Å². The Hall–Kier alpha value is -0.550. The third-order valence-corrected chi connectivity index (χ3v) is 3.26. The highest BCUT2D eigenvalue weighted by Crippen LogP contribution is 2.32. The molecule has 0 heterocycles. The summed E-state index contributed by atoms with van der Waals surface area (Å²) < 4.78 is 26.4. The van der Waals surface area contributed by atoms with Gasteiger partial charge in [0.15, 0.2) is 0 Å². The van der Waals surface area contributed by atoms with Crippen LogP contribution >= 0.6 is 28.1 Å². The molecule has 0 bridgehead atoms. The van der Waals surface area contributed by atoms with Gasteiger partial charge in [0.2, 0.25) is 0 Å². The zero-order valence-corrected chi connectivity index (χ0v) is 10.1. The molecule has 5 heteroatoms. The maximum Gasteiger partial charge on any atom is 0.149 e. The summed E-state index contributed by atoms with van der Waals surface area (Å²) in [5, 5.41) is 2.80. The lowest BCUT2D eigenvalue weighted by atomic mass is 10.3. The van der Waals surface area contributed by atoms with Crippen molar-refractivity contribution in [1.29, 1.82) is 0 Å². The molecule has 15 heavy (non-hydrogen) atoms. The molecule has 1 N–H and O–H groups in total. The number of rotatable bonds is 2. The first-order valence-electron chi connectivity index (χ1n) is 4.53. The number of nitrogens with one attached hydrogen (secondary N) is 1. The second-order valence-corrected chi connectivity index (χ2v) is 4.80. The van der Waals surface area contributed by atoms with Gasteiger partial charge in [0.25, 0.3) is 0 Å². The smallest absolute Gasteiger partial charge is 0.149 e. The standard InChI is InChI=1S/C10H8BrF2NS/c11-6-3-9(8(13)4-7(6)12)14-10(15)5-1-2-5/h3-5H,1-2H2,(H,14,15). The van der Waals surface area contributed by atoms with E-state index in [-0.39, 0.29) is 10.2 Å². The summed E-state index contributed by atoms with van der Waals surface area (Å²) in [7, 11) is 0. The highest BCUT2D eigenvalue weighted by molar-refractivity contribution is 9.10. The first-order valence-corrected chi connectivity index (χ1v) is 5.73. The Kier molecular flexibility index (Phi) is 3.02. The maximum absolute atomic E-state index is 13.3. The number of thiocarbonyl (C=S) groups is 1. The van der Waals surface area contributed by atoms with E-state index in [4.69, 9.17) is 12.2 Å². The molecule has 0 radical (unpaired) electrons. The van der Waals surface area contributed by atoms with Crippen LogP contribution in [0, 0.1) is 17.6 Å². The normalized spacial score (nSPS) is 15.1. The molecule has 1 aromatic carbocycles. The van der Waals surface area contributed by atoms with Crippen LogP contribution in [0.1, 0.15) is 12.8 Å². The summed E-state index contributed by atoms with van der Waals surface area (Å²) in [5.41, 5.74) is 0.222. The average molecular weight is 292 g/mol. The van der Waals surface area contributed by atoms with Crippen molar-refractivity contribution in [2.24, 2.45) is 5.92 Å². The monoisotopic (exact) mass is 291 g/mol. The Morgan fingerprint density at radius 3 is 2.60 bits per heavy atom. The van der Waals surface area contributed by atoms with Gasteiger partial charge in [0.1, 0.15) is 11.6 Å². The molecule has 1 fully saturated rings. The summed E-state index contributed by atoms with van der Waals surface area (Å²) in [6.07, 6.45) is 2.10. The highest BCUT2D eigenvalue weighted by Gasteiger charge is 2.26. The van der Waals surface area contributed by atoms with E-state index in [1.165, 1.54) is 6.07 Å². The molecule has 1 nitrogen and oxygen atoms in total. The minimum atomic E-state index is -0.626. The summed E-state index contributed by atoms with van der Waals surface area (Å²) in [5.74, 6) is -0.877. The van der Waals surface area contributed by atoms with E-state index in [9.17, 15) is 8.78 Å². The fourth-order valence-electron chi connectivity index (χ4n) is 1.20. The van der Waals surface area contributed by atoms with Gasteiger partial charge in [-0.3, -0.25) is 0 Å². The molecule has 1 saturated carbocycles. The molecule has 0 amide bonds. The number of anilines is 1. The van der Waals surface area contributed by atoms with Crippen LogP contribution in [0.15, 0.2) is 16.6 Å². The van der Waals surface area contributed by atoms with Crippen LogP contribution in [0.25, 0.3) is 0 Å².